The zero-order valence-electron chi connectivity index (χ0n) is 27.8. The number of ether oxygens (including phenoxy) is 4. The zero-order valence-corrected chi connectivity index (χ0v) is 27.8. The molecule has 11 heteroatoms. The standard InChI is InChI=1S/C25H38N4O4.C3H6O2.C2H6O.C2H6/c1-5-7-8-10-18(6-2)27-25-22(16-26-17-30)20(11-9-14-32-3)24(28-29-25)21-13-12-19(33-4)15-23(21)31;1-2-5-3-4;1-3-2;1-2/h12-13,15,17-18,31H,5-11,14,16H2,1-4H3,(H,26,30)(H,27,29);3H,2H2,1H3;1-2H3;1-2H3. The summed E-state index contributed by atoms with van der Waals surface area (Å²) >= 11 is 0. The molecule has 0 aliphatic heterocycles. The summed E-state index contributed by atoms with van der Waals surface area (Å²) in [7, 11) is 6.48. The molecule has 1 heterocycles. The third-order valence-corrected chi connectivity index (χ3v) is 6.01. The summed E-state index contributed by atoms with van der Waals surface area (Å²) in [4.78, 5) is 20.3. The highest BCUT2D eigenvalue weighted by atomic mass is 16.5. The summed E-state index contributed by atoms with van der Waals surface area (Å²) in [5.41, 5.74) is 2.98. The van der Waals surface area contributed by atoms with E-state index >= 15 is 0 Å². The fraction of sp³-hybridized carbons (Fsp3) is 0.625. The van der Waals surface area contributed by atoms with Gasteiger partial charge in [0.25, 0.3) is 6.47 Å². The van der Waals surface area contributed by atoms with Crippen LogP contribution in [0.25, 0.3) is 11.3 Å². The Kier molecular flexibility index (Phi) is 27.8. The molecule has 0 bridgehead atoms. The first-order valence-corrected chi connectivity index (χ1v) is 15.1. The van der Waals surface area contributed by atoms with Gasteiger partial charge in [-0.25, -0.2) is 0 Å². The summed E-state index contributed by atoms with van der Waals surface area (Å²) in [6, 6.07) is 5.40. The van der Waals surface area contributed by atoms with E-state index in [4.69, 9.17) is 9.47 Å². The Balaban J connectivity index is 0. The highest BCUT2D eigenvalue weighted by Gasteiger charge is 2.21. The molecule has 246 valence electrons. The highest BCUT2D eigenvalue weighted by Crippen LogP contribution is 2.36. The molecule has 3 N–H and O–H groups in total. The first-order chi connectivity index (χ1) is 20.9. The van der Waals surface area contributed by atoms with Crippen LogP contribution in [-0.2, 0) is 36.8 Å². The van der Waals surface area contributed by atoms with Crippen molar-refractivity contribution in [3.8, 4) is 22.8 Å². The summed E-state index contributed by atoms with van der Waals surface area (Å²) in [5, 5.41) is 26.0. The largest absolute Gasteiger partial charge is 0.507 e. The van der Waals surface area contributed by atoms with E-state index in [0.717, 1.165) is 36.8 Å². The maximum absolute atomic E-state index is 11.2. The van der Waals surface area contributed by atoms with E-state index in [-0.39, 0.29) is 11.8 Å². The van der Waals surface area contributed by atoms with Crippen molar-refractivity contribution in [2.75, 3.05) is 47.0 Å². The van der Waals surface area contributed by atoms with Crippen molar-refractivity contribution in [1.29, 1.82) is 0 Å². The minimum atomic E-state index is 0.0673. The Labute approximate surface area is 259 Å². The lowest BCUT2D eigenvalue weighted by Gasteiger charge is -2.22. The van der Waals surface area contributed by atoms with Crippen LogP contribution in [0.2, 0.25) is 0 Å². The number of amides is 1. The van der Waals surface area contributed by atoms with Gasteiger partial charge in [-0.2, -0.15) is 0 Å². The van der Waals surface area contributed by atoms with Crippen LogP contribution < -0.4 is 15.4 Å². The van der Waals surface area contributed by atoms with Gasteiger partial charge in [0.15, 0.2) is 5.82 Å². The first kappa shape index (κ1) is 41.7. The number of aromatic nitrogens is 2. The number of phenolic OH excluding ortho intramolecular Hbond substituents is 1. The van der Waals surface area contributed by atoms with E-state index in [2.05, 4.69) is 44.2 Å². The Morgan fingerprint density at radius 1 is 0.977 bits per heavy atom. The van der Waals surface area contributed by atoms with Crippen LogP contribution in [0.5, 0.6) is 11.5 Å². The van der Waals surface area contributed by atoms with E-state index in [1.807, 2.05) is 13.8 Å². The first-order valence-electron chi connectivity index (χ1n) is 15.1. The molecule has 43 heavy (non-hydrogen) atoms. The molecule has 2 aromatic rings. The maximum atomic E-state index is 11.2. The fourth-order valence-corrected chi connectivity index (χ4v) is 3.95. The molecule has 0 aliphatic rings. The van der Waals surface area contributed by atoms with Gasteiger partial charge in [0.1, 0.15) is 17.2 Å². The minimum Gasteiger partial charge on any atom is -0.507 e. The van der Waals surface area contributed by atoms with Crippen molar-refractivity contribution in [1.82, 2.24) is 15.5 Å². The molecular weight excluding hydrogens is 552 g/mol. The quantitative estimate of drug-likeness (QED) is 0.138. The Morgan fingerprint density at radius 2 is 1.67 bits per heavy atom. The molecule has 1 aromatic heterocycles. The number of nitrogens with zero attached hydrogens (tertiary/aromatic N) is 2. The van der Waals surface area contributed by atoms with Crippen molar-refractivity contribution in [2.24, 2.45) is 0 Å². The number of nitrogens with one attached hydrogen (secondary N) is 2. The number of anilines is 1. The number of hydrogen-bond acceptors (Lipinski definition) is 10. The van der Waals surface area contributed by atoms with Gasteiger partial charge in [0, 0.05) is 57.7 Å². The number of hydrogen-bond donors (Lipinski definition) is 3. The van der Waals surface area contributed by atoms with Gasteiger partial charge < -0.3 is 34.7 Å². The SMILES string of the molecule is CC.CCCCCC(CC)Nc1nnc(-c2ccc(OC)cc2O)c(CCCOC)c1CNC=O.CCOC=O.COC. The molecule has 2 rings (SSSR count). The number of aromatic hydroxyl groups is 1. The van der Waals surface area contributed by atoms with Crippen molar-refractivity contribution >= 4 is 18.7 Å². The highest BCUT2D eigenvalue weighted by molar-refractivity contribution is 5.73. The zero-order chi connectivity index (χ0) is 32.9. The smallest absolute Gasteiger partial charge is 0.293 e. The maximum Gasteiger partial charge on any atom is 0.293 e. The van der Waals surface area contributed by atoms with Gasteiger partial charge in [0.05, 0.1) is 13.7 Å². The second-order valence-electron chi connectivity index (χ2n) is 9.04. The van der Waals surface area contributed by atoms with E-state index < -0.39 is 0 Å². The number of carbonyl (C=O) groups excluding carboxylic acids is 2. The third kappa shape index (κ3) is 17.3. The van der Waals surface area contributed by atoms with Crippen molar-refractivity contribution in [2.45, 2.75) is 92.2 Å². The Morgan fingerprint density at radius 3 is 2.16 bits per heavy atom. The van der Waals surface area contributed by atoms with Gasteiger partial charge in [-0.3, -0.25) is 9.59 Å². The summed E-state index contributed by atoms with van der Waals surface area (Å²) in [6.07, 6.45) is 7.66. The average molecular weight is 609 g/mol. The minimum absolute atomic E-state index is 0.0673. The van der Waals surface area contributed by atoms with E-state index in [9.17, 15) is 14.7 Å². The van der Waals surface area contributed by atoms with Crippen LogP contribution in [0.1, 0.15) is 84.3 Å². The molecule has 0 saturated heterocycles. The second kappa shape index (κ2) is 28.7. The molecule has 0 spiro atoms. The van der Waals surface area contributed by atoms with Crippen molar-refractivity contribution in [3.63, 3.8) is 0 Å². The third-order valence-electron chi connectivity index (χ3n) is 6.01. The lowest BCUT2D eigenvalue weighted by Crippen LogP contribution is -2.23. The van der Waals surface area contributed by atoms with Crippen LogP contribution >= 0.6 is 0 Å². The van der Waals surface area contributed by atoms with Crippen LogP contribution in [0.15, 0.2) is 18.2 Å². The molecule has 1 unspecified atom stereocenters. The number of phenols is 1. The Bertz CT molecular complexity index is 977. The van der Waals surface area contributed by atoms with Gasteiger partial charge in [-0.05, 0) is 50.3 Å². The summed E-state index contributed by atoms with van der Waals surface area (Å²) in [6.45, 7) is 11.9. The van der Waals surface area contributed by atoms with Gasteiger partial charge in [0.2, 0.25) is 6.41 Å². The molecule has 0 fully saturated rings. The fourth-order valence-electron chi connectivity index (χ4n) is 3.95. The normalized spacial score (nSPS) is 10.3. The molecule has 0 aliphatic carbocycles. The number of methoxy groups -OCH3 is 3. The lowest BCUT2D eigenvalue weighted by atomic mass is 9.96. The molecule has 0 radical (unpaired) electrons. The number of unbranched alkanes of at least 4 members (excludes halogenated alkanes) is 2. The van der Waals surface area contributed by atoms with Gasteiger partial charge in [-0.1, -0.05) is 47.0 Å². The molecule has 1 atom stereocenters. The molecular formula is C32H56N4O7. The van der Waals surface area contributed by atoms with Crippen molar-refractivity contribution in [3.05, 3.63) is 29.3 Å². The topological polar surface area (TPSA) is 141 Å². The molecule has 11 nitrogen and oxygen atoms in total. The summed E-state index contributed by atoms with van der Waals surface area (Å²) in [5.74, 6) is 1.30. The average Bonchev–Trinajstić information content (AvgIpc) is 3.02. The number of benzene rings is 1. The number of carbonyl (C=O) groups is 2. The molecule has 0 saturated carbocycles. The van der Waals surface area contributed by atoms with Gasteiger partial charge in [-0.15, -0.1) is 10.2 Å². The Hall–Kier alpha value is -3.44. The second-order valence-corrected chi connectivity index (χ2v) is 9.04. The predicted octanol–water partition coefficient (Wildman–Crippen LogP) is 5.92. The van der Waals surface area contributed by atoms with Crippen LogP contribution in [0.3, 0.4) is 0 Å². The van der Waals surface area contributed by atoms with Crippen LogP contribution in [0, 0.1) is 0 Å². The lowest BCUT2D eigenvalue weighted by molar-refractivity contribution is -0.128. The molecule has 1 aromatic carbocycles. The number of rotatable bonds is 18. The molecule has 1 amide bonds. The summed E-state index contributed by atoms with van der Waals surface area (Å²) < 4.78 is 18.9. The predicted molar refractivity (Wildman–Crippen MR) is 173 cm³/mol. The van der Waals surface area contributed by atoms with Crippen LogP contribution in [0.4, 0.5) is 5.82 Å². The van der Waals surface area contributed by atoms with E-state index in [1.165, 1.54) is 12.8 Å². The van der Waals surface area contributed by atoms with Crippen molar-refractivity contribution < 1.29 is 33.6 Å². The van der Waals surface area contributed by atoms with Gasteiger partial charge >= 0.3 is 0 Å². The monoisotopic (exact) mass is 608 g/mol. The van der Waals surface area contributed by atoms with Crippen LogP contribution in [-0.4, -0.2) is 75.9 Å². The van der Waals surface area contributed by atoms with E-state index in [0.29, 0.717) is 61.9 Å². The van der Waals surface area contributed by atoms with E-state index in [1.54, 1.807) is 53.6 Å².